The Morgan fingerprint density at radius 3 is 2.59 bits per heavy atom. The highest BCUT2D eigenvalue weighted by Gasteiger charge is 2.25. The van der Waals surface area contributed by atoms with E-state index in [1.807, 2.05) is 72.3 Å². The van der Waals surface area contributed by atoms with E-state index in [0.717, 1.165) is 5.69 Å². The van der Waals surface area contributed by atoms with Gasteiger partial charge < -0.3 is 10.1 Å². The zero-order valence-electron chi connectivity index (χ0n) is 17.3. The average Bonchev–Trinajstić information content (AvgIpc) is 3.46. The van der Waals surface area contributed by atoms with Gasteiger partial charge in [0, 0.05) is 17.3 Å². The number of halogens is 1. The fraction of sp³-hybridized carbons (Fsp3) is 0.182. The number of carbonyl (C=O) groups excluding carboxylic acids is 1. The number of benzene rings is 2. The maximum Gasteiger partial charge on any atom is 0.239 e. The molecule has 0 aliphatic carbocycles. The van der Waals surface area contributed by atoms with Crippen molar-refractivity contribution < 1.29 is 9.53 Å². The largest absolute Gasteiger partial charge is 0.481 e. The van der Waals surface area contributed by atoms with E-state index in [4.69, 9.17) is 16.3 Å². The van der Waals surface area contributed by atoms with Gasteiger partial charge >= 0.3 is 0 Å². The third-order valence-corrected chi connectivity index (χ3v) is 6.53. The molecule has 1 amide bonds. The van der Waals surface area contributed by atoms with Gasteiger partial charge in [-0.3, -0.25) is 9.36 Å². The lowest BCUT2D eigenvalue weighted by molar-refractivity contribution is -0.115. The Balaban J connectivity index is 1.61. The normalized spacial score (nSPS) is 12.8. The Morgan fingerprint density at radius 1 is 1.12 bits per heavy atom. The first-order chi connectivity index (χ1) is 15.5. The summed E-state index contributed by atoms with van der Waals surface area (Å²) in [7, 11) is 0. The van der Waals surface area contributed by atoms with E-state index in [-0.39, 0.29) is 5.91 Å². The van der Waals surface area contributed by atoms with Crippen LogP contribution < -0.4 is 10.1 Å². The second-order valence-corrected chi connectivity index (χ2v) is 9.40. The monoisotopic (exact) mass is 485 g/mol. The summed E-state index contributed by atoms with van der Waals surface area (Å²) in [6.07, 6.45) is 1.22. The number of ether oxygens (including phenoxy) is 1. The molecule has 4 aromatic rings. The van der Waals surface area contributed by atoms with Crippen LogP contribution in [-0.4, -0.2) is 30.9 Å². The molecule has 0 radical (unpaired) electrons. The minimum absolute atomic E-state index is 0.158. The standard InChI is InChI=1S/C22H20ClN5O2S2/c1-14(30-18-11-7-6-10-17(18)23)19-26-27-22(28(19)16-8-4-3-5-9-16)32-15(2)20(29)25-21-24-12-13-31-21/h3-15H,1-2H3,(H,24,25,29). The van der Waals surface area contributed by atoms with E-state index in [2.05, 4.69) is 20.5 Å². The number of aromatic nitrogens is 4. The average molecular weight is 486 g/mol. The number of para-hydroxylation sites is 2. The third-order valence-electron chi connectivity index (χ3n) is 4.49. The first-order valence-electron chi connectivity index (χ1n) is 9.82. The number of hydrogen-bond acceptors (Lipinski definition) is 7. The molecule has 32 heavy (non-hydrogen) atoms. The van der Waals surface area contributed by atoms with Gasteiger partial charge in [0.25, 0.3) is 0 Å². The van der Waals surface area contributed by atoms with E-state index in [1.165, 1.54) is 23.1 Å². The minimum Gasteiger partial charge on any atom is -0.481 e. The summed E-state index contributed by atoms with van der Waals surface area (Å²) in [6.45, 7) is 3.71. The van der Waals surface area contributed by atoms with Crippen LogP contribution >= 0.6 is 34.7 Å². The molecule has 0 aliphatic rings. The van der Waals surface area contributed by atoms with Crippen LogP contribution in [0.15, 0.2) is 71.3 Å². The fourth-order valence-electron chi connectivity index (χ4n) is 2.93. The molecular weight excluding hydrogens is 466 g/mol. The lowest BCUT2D eigenvalue weighted by Crippen LogP contribution is -2.23. The number of thiazole rings is 1. The summed E-state index contributed by atoms with van der Waals surface area (Å²) >= 11 is 8.95. The summed E-state index contributed by atoms with van der Waals surface area (Å²) in [5.41, 5.74) is 0.872. The lowest BCUT2D eigenvalue weighted by Gasteiger charge is -2.18. The van der Waals surface area contributed by atoms with Crippen LogP contribution in [0.2, 0.25) is 5.02 Å². The van der Waals surface area contributed by atoms with Gasteiger partial charge in [-0.2, -0.15) is 0 Å². The predicted octanol–water partition coefficient (Wildman–Crippen LogP) is 5.64. The zero-order chi connectivity index (χ0) is 22.5. The number of thioether (sulfide) groups is 1. The van der Waals surface area contributed by atoms with Crippen molar-refractivity contribution in [1.29, 1.82) is 0 Å². The molecule has 0 fully saturated rings. The van der Waals surface area contributed by atoms with Gasteiger partial charge in [0.15, 0.2) is 22.2 Å². The molecule has 2 atom stereocenters. The summed E-state index contributed by atoms with van der Waals surface area (Å²) in [5.74, 6) is 1.01. The van der Waals surface area contributed by atoms with Crippen LogP contribution in [-0.2, 0) is 4.79 Å². The van der Waals surface area contributed by atoms with E-state index in [0.29, 0.717) is 26.9 Å². The fourth-order valence-corrected chi connectivity index (χ4v) is 4.51. The Labute approximate surface area is 198 Å². The highest BCUT2D eigenvalue weighted by molar-refractivity contribution is 8.00. The van der Waals surface area contributed by atoms with Gasteiger partial charge in [0.2, 0.25) is 5.91 Å². The summed E-state index contributed by atoms with van der Waals surface area (Å²) < 4.78 is 7.98. The lowest BCUT2D eigenvalue weighted by atomic mass is 10.3. The molecule has 2 unspecified atom stereocenters. The van der Waals surface area contributed by atoms with Crippen molar-refractivity contribution in [2.75, 3.05) is 5.32 Å². The molecule has 0 spiro atoms. The van der Waals surface area contributed by atoms with Gasteiger partial charge in [0.1, 0.15) is 5.75 Å². The Morgan fingerprint density at radius 2 is 1.88 bits per heavy atom. The van der Waals surface area contributed by atoms with Gasteiger partial charge in [-0.1, -0.05) is 53.7 Å². The maximum absolute atomic E-state index is 12.6. The summed E-state index contributed by atoms with van der Waals surface area (Å²) in [4.78, 5) is 16.7. The first kappa shape index (κ1) is 22.3. The predicted molar refractivity (Wildman–Crippen MR) is 128 cm³/mol. The van der Waals surface area contributed by atoms with Crippen molar-refractivity contribution in [3.05, 3.63) is 77.0 Å². The van der Waals surface area contributed by atoms with Crippen molar-refractivity contribution in [3.63, 3.8) is 0 Å². The van der Waals surface area contributed by atoms with E-state index < -0.39 is 11.4 Å². The molecule has 0 bridgehead atoms. The Hall–Kier alpha value is -2.88. The molecule has 2 aromatic heterocycles. The molecular formula is C22H20ClN5O2S2. The molecule has 164 valence electrons. The molecule has 0 saturated carbocycles. The highest BCUT2D eigenvalue weighted by Crippen LogP contribution is 2.32. The van der Waals surface area contributed by atoms with Gasteiger partial charge in [-0.05, 0) is 38.1 Å². The molecule has 0 saturated heterocycles. The first-order valence-corrected chi connectivity index (χ1v) is 12.0. The van der Waals surface area contributed by atoms with Crippen molar-refractivity contribution in [2.24, 2.45) is 0 Å². The number of anilines is 1. The highest BCUT2D eigenvalue weighted by atomic mass is 35.5. The Bertz CT molecular complexity index is 1180. The number of rotatable bonds is 8. The second-order valence-electron chi connectivity index (χ2n) is 6.79. The smallest absolute Gasteiger partial charge is 0.239 e. The minimum atomic E-state index is -0.434. The number of nitrogens with zero attached hydrogens (tertiary/aromatic N) is 4. The number of carbonyl (C=O) groups is 1. The second kappa shape index (κ2) is 10.2. The molecule has 2 heterocycles. The maximum atomic E-state index is 12.6. The van der Waals surface area contributed by atoms with Crippen LogP contribution in [0.25, 0.3) is 5.69 Å². The van der Waals surface area contributed by atoms with Crippen molar-refractivity contribution in [1.82, 2.24) is 19.7 Å². The quantitative estimate of drug-likeness (QED) is 0.325. The van der Waals surface area contributed by atoms with E-state index >= 15 is 0 Å². The number of nitrogens with one attached hydrogen (secondary N) is 1. The SMILES string of the molecule is CC(Sc1nnc(C(C)Oc2ccccc2Cl)n1-c1ccccc1)C(=O)Nc1nccs1. The summed E-state index contributed by atoms with van der Waals surface area (Å²) in [5, 5.41) is 14.6. The van der Waals surface area contributed by atoms with Crippen LogP contribution in [0.3, 0.4) is 0 Å². The number of amides is 1. The van der Waals surface area contributed by atoms with Gasteiger partial charge in [-0.15, -0.1) is 21.5 Å². The van der Waals surface area contributed by atoms with Crippen molar-refractivity contribution in [2.45, 2.75) is 30.4 Å². The summed E-state index contributed by atoms with van der Waals surface area (Å²) in [6, 6.07) is 17.0. The molecule has 1 N–H and O–H groups in total. The van der Waals surface area contributed by atoms with E-state index in [1.54, 1.807) is 12.3 Å². The Kier molecular flexibility index (Phi) is 7.09. The van der Waals surface area contributed by atoms with Crippen molar-refractivity contribution >= 4 is 45.7 Å². The van der Waals surface area contributed by atoms with Crippen LogP contribution in [0.5, 0.6) is 5.75 Å². The van der Waals surface area contributed by atoms with Crippen molar-refractivity contribution in [3.8, 4) is 11.4 Å². The zero-order valence-corrected chi connectivity index (χ0v) is 19.7. The van der Waals surface area contributed by atoms with Gasteiger partial charge in [-0.25, -0.2) is 4.98 Å². The van der Waals surface area contributed by atoms with Crippen LogP contribution in [0.4, 0.5) is 5.13 Å². The number of hydrogen-bond donors (Lipinski definition) is 1. The molecule has 2 aromatic carbocycles. The molecule has 7 nitrogen and oxygen atoms in total. The third kappa shape index (κ3) is 5.12. The van der Waals surface area contributed by atoms with Crippen LogP contribution in [0.1, 0.15) is 25.8 Å². The van der Waals surface area contributed by atoms with E-state index in [9.17, 15) is 4.79 Å². The molecule has 10 heteroatoms. The molecule has 0 aliphatic heterocycles. The molecule has 4 rings (SSSR count). The topological polar surface area (TPSA) is 81.9 Å². The van der Waals surface area contributed by atoms with Gasteiger partial charge in [0.05, 0.1) is 10.3 Å². The van der Waals surface area contributed by atoms with Crippen LogP contribution in [0, 0.1) is 0 Å².